The van der Waals surface area contributed by atoms with Crippen LogP contribution in [0.1, 0.15) is 36.1 Å². The molecule has 0 radical (unpaired) electrons. The second kappa shape index (κ2) is 4.97. The molecule has 0 saturated carbocycles. The van der Waals surface area contributed by atoms with Crippen molar-refractivity contribution in [2.45, 2.75) is 37.9 Å². The number of nitriles is 1. The number of rotatable bonds is 1. The fraction of sp³-hybridized carbons (Fsp3) is 0.625. The molecule has 2 aliphatic heterocycles. The largest absolute Gasteiger partial charge is 0.355 e. The Labute approximate surface area is 124 Å². The van der Waals surface area contributed by atoms with E-state index in [2.05, 4.69) is 11.0 Å². The Balaban J connectivity index is 1.58. The number of hydrogen-bond acceptors (Lipinski definition) is 5. The monoisotopic (exact) mass is 285 g/mol. The number of aryl methyl sites for hydroxylation is 2. The molecule has 0 N–H and O–H groups in total. The predicted molar refractivity (Wildman–Crippen MR) is 77.1 cm³/mol. The molecule has 0 bridgehead atoms. The summed E-state index contributed by atoms with van der Waals surface area (Å²) in [7, 11) is 0. The summed E-state index contributed by atoms with van der Waals surface area (Å²) in [6.45, 7) is 3.06. The van der Waals surface area contributed by atoms with Crippen LogP contribution in [0.3, 0.4) is 0 Å². The summed E-state index contributed by atoms with van der Waals surface area (Å²) in [6.07, 6.45) is 4.94. The van der Waals surface area contributed by atoms with Crippen LogP contribution in [-0.2, 0) is 22.3 Å². The van der Waals surface area contributed by atoms with Crippen LogP contribution < -0.4 is 4.90 Å². The Morgan fingerprint density at radius 1 is 1.19 bits per heavy atom. The smallest absolute Gasteiger partial charge is 0.171 e. The summed E-state index contributed by atoms with van der Waals surface area (Å²) in [6, 6.07) is 4.36. The third kappa shape index (κ3) is 2.19. The van der Waals surface area contributed by atoms with Crippen LogP contribution in [0.25, 0.3) is 0 Å². The van der Waals surface area contributed by atoms with E-state index in [0.717, 1.165) is 51.0 Å². The number of pyridine rings is 1. The van der Waals surface area contributed by atoms with Gasteiger partial charge in [-0.1, -0.05) is 0 Å². The molecule has 4 rings (SSSR count). The third-order valence-corrected chi connectivity index (χ3v) is 4.79. The van der Waals surface area contributed by atoms with Gasteiger partial charge >= 0.3 is 0 Å². The normalized spacial score (nSPS) is 23.3. The molecule has 2 saturated heterocycles. The van der Waals surface area contributed by atoms with Gasteiger partial charge in [-0.25, -0.2) is 4.98 Å². The van der Waals surface area contributed by atoms with E-state index in [-0.39, 0.29) is 5.79 Å². The second-order valence-corrected chi connectivity index (χ2v) is 6.03. The van der Waals surface area contributed by atoms with Crippen molar-refractivity contribution in [1.29, 1.82) is 5.26 Å². The fourth-order valence-corrected chi connectivity index (χ4v) is 3.63. The van der Waals surface area contributed by atoms with Crippen LogP contribution >= 0.6 is 0 Å². The Morgan fingerprint density at radius 2 is 1.95 bits per heavy atom. The first-order valence-corrected chi connectivity index (χ1v) is 7.75. The van der Waals surface area contributed by atoms with Gasteiger partial charge in [-0.2, -0.15) is 5.26 Å². The van der Waals surface area contributed by atoms with Gasteiger partial charge in [0.05, 0.1) is 18.8 Å². The molecule has 21 heavy (non-hydrogen) atoms. The lowest BCUT2D eigenvalue weighted by atomic mass is 10.0. The Morgan fingerprint density at radius 3 is 2.67 bits per heavy atom. The van der Waals surface area contributed by atoms with E-state index in [1.807, 2.05) is 6.07 Å². The number of nitrogens with zero attached hydrogens (tertiary/aromatic N) is 3. The molecule has 5 heteroatoms. The van der Waals surface area contributed by atoms with E-state index in [0.29, 0.717) is 18.8 Å². The van der Waals surface area contributed by atoms with E-state index >= 15 is 0 Å². The van der Waals surface area contributed by atoms with Crippen molar-refractivity contribution in [2.24, 2.45) is 0 Å². The molecule has 3 heterocycles. The number of hydrogen-bond donors (Lipinski definition) is 0. The van der Waals surface area contributed by atoms with Crippen LogP contribution in [0.15, 0.2) is 6.07 Å². The van der Waals surface area contributed by atoms with Gasteiger partial charge in [0, 0.05) is 31.6 Å². The van der Waals surface area contributed by atoms with E-state index < -0.39 is 0 Å². The number of piperidine rings is 1. The first kappa shape index (κ1) is 13.1. The molecule has 0 unspecified atom stereocenters. The molecule has 2 fully saturated rings. The van der Waals surface area contributed by atoms with Crippen LogP contribution in [-0.4, -0.2) is 37.1 Å². The molecule has 0 aromatic carbocycles. The van der Waals surface area contributed by atoms with E-state index in [1.165, 1.54) is 11.3 Å². The highest BCUT2D eigenvalue weighted by molar-refractivity contribution is 5.57. The van der Waals surface area contributed by atoms with Crippen molar-refractivity contribution in [2.75, 3.05) is 31.2 Å². The van der Waals surface area contributed by atoms with Gasteiger partial charge in [0.15, 0.2) is 5.79 Å². The Bertz CT molecular complexity index is 592. The van der Waals surface area contributed by atoms with Crippen LogP contribution in [0, 0.1) is 11.3 Å². The van der Waals surface area contributed by atoms with Gasteiger partial charge in [-0.3, -0.25) is 0 Å². The highest BCUT2D eigenvalue weighted by atomic mass is 16.7. The molecular formula is C16H19N3O2. The summed E-state index contributed by atoms with van der Waals surface area (Å²) < 4.78 is 11.5. The summed E-state index contributed by atoms with van der Waals surface area (Å²) in [5.74, 6) is 0.478. The maximum atomic E-state index is 9.42. The quantitative estimate of drug-likeness (QED) is 0.787. The molecule has 3 aliphatic rings. The van der Waals surface area contributed by atoms with E-state index in [4.69, 9.17) is 14.5 Å². The topological polar surface area (TPSA) is 58.4 Å². The Hall–Kier alpha value is -1.64. The average Bonchev–Trinajstić information content (AvgIpc) is 3.16. The Kier molecular flexibility index (Phi) is 3.09. The predicted octanol–water partition coefficient (Wildman–Crippen LogP) is 1.79. The van der Waals surface area contributed by atoms with E-state index in [9.17, 15) is 5.26 Å². The van der Waals surface area contributed by atoms with Gasteiger partial charge in [0.1, 0.15) is 11.9 Å². The molecule has 0 amide bonds. The lowest BCUT2D eigenvalue weighted by Gasteiger charge is -2.38. The maximum absolute atomic E-state index is 9.42. The molecule has 110 valence electrons. The van der Waals surface area contributed by atoms with E-state index in [1.54, 1.807) is 0 Å². The minimum Gasteiger partial charge on any atom is -0.355 e. The van der Waals surface area contributed by atoms with Gasteiger partial charge in [0.25, 0.3) is 0 Å². The summed E-state index contributed by atoms with van der Waals surface area (Å²) >= 11 is 0. The second-order valence-electron chi connectivity index (χ2n) is 6.03. The van der Waals surface area contributed by atoms with Crippen LogP contribution in [0.5, 0.6) is 0 Å². The van der Waals surface area contributed by atoms with Gasteiger partial charge in [0.2, 0.25) is 0 Å². The lowest BCUT2D eigenvalue weighted by molar-refractivity contribution is -0.169. The fourth-order valence-electron chi connectivity index (χ4n) is 3.63. The SMILES string of the molecule is N#Cc1cc2c(nc1N1CCC3(CC1)OCCO3)CCC2. The zero-order valence-electron chi connectivity index (χ0n) is 12.1. The standard InChI is InChI=1S/C16H19N3O2/c17-11-13-10-12-2-1-3-14(12)18-15(13)19-6-4-16(5-7-19)20-8-9-21-16/h10H,1-9H2. The maximum Gasteiger partial charge on any atom is 0.171 e. The molecular weight excluding hydrogens is 266 g/mol. The molecule has 1 aromatic heterocycles. The summed E-state index contributed by atoms with van der Waals surface area (Å²) in [4.78, 5) is 7.00. The molecule has 1 aliphatic carbocycles. The van der Waals surface area contributed by atoms with Crippen molar-refractivity contribution in [3.05, 3.63) is 22.9 Å². The molecule has 5 nitrogen and oxygen atoms in total. The zero-order valence-corrected chi connectivity index (χ0v) is 12.1. The molecule has 1 spiro atoms. The van der Waals surface area contributed by atoms with Crippen molar-refractivity contribution in [1.82, 2.24) is 4.98 Å². The van der Waals surface area contributed by atoms with Gasteiger partial charge < -0.3 is 14.4 Å². The first-order valence-electron chi connectivity index (χ1n) is 7.75. The van der Waals surface area contributed by atoms with Gasteiger partial charge in [-0.05, 0) is 30.9 Å². The third-order valence-electron chi connectivity index (χ3n) is 4.79. The number of aromatic nitrogens is 1. The number of ether oxygens (including phenoxy) is 2. The lowest BCUT2D eigenvalue weighted by Crippen LogP contribution is -2.45. The highest BCUT2D eigenvalue weighted by Gasteiger charge is 2.40. The molecule has 1 aromatic rings. The van der Waals surface area contributed by atoms with Crippen molar-refractivity contribution in [3.8, 4) is 6.07 Å². The van der Waals surface area contributed by atoms with Gasteiger partial charge in [-0.15, -0.1) is 0 Å². The summed E-state index contributed by atoms with van der Waals surface area (Å²) in [5, 5.41) is 9.42. The minimum absolute atomic E-state index is 0.375. The number of anilines is 1. The highest BCUT2D eigenvalue weighted by Crippen LogP contribution is 2.34. The number of fused-ring (bicyclic) bond motifs is 1. The molecule has 0 atom stereocenters. The average molecular weight is 285 g/mol. The van der Waals surface area contributed by atoms with Crippen LogP contribution in [0.2, 0.25) is 0 Å². The summed E-state index contributed by atoms with van der Waals surface area (Å²) in [5.41, 5.74) is 3.14. The van der Waals surface area contributed by atoms with Crippen molar-refractivity contribution < 1.29 is 9.47 Å². The first-order chi connectivity index (χ1) is 10.3. The van der Waals surface area contributed by atoms with Crippen LogP contribution in [0.4, 0.5) is 5.82 Å². The minimum atomic E-state index is -0.375. The van der Waals surface area contributed by atoms with Crippen molar-refractivity contribution in [3.63, 3.8) is 0 Å². The zero-order chi connectivity index (χ0) is 14.3. The van der Waals surface area contributed by atoms with Crippen molar-refractivity contribution >= 4 is 5.82 Å².